The van der Waals surface area contributed by atoms with E-state index in [1.54, 1.807) is 6.20 Å². The summed E-state index contributed by atoms with van der Waals surface area (Å²) in [7, 11) is 0. The molecule has 0 saturated carbocycles. The summed E-state index contributed by atoms with van der Waals surface area (Å²) in [4.78, 5) is 11.8. The molecule has 0 radical (unpaired) electrons. The number of nitrogens with one attached hydrogen (secondary N) is 3. The van der Waals surface area contributed by atoms with E-state index in [4.69, 9.17) is 4.74 Å². The van der Waals surface area contributed by atoms with E-state index < -0.39 is 17.2 Å². The van der Waals surface area contributed by atoms with E-state index in [0.29, 0.717) is 6.54 Å². The third kappa shape index (κ3) is 5.61. The highest BCUT2D eigenvalue weighted by Gasteiger charge is 2.29. The predicted octanol–water partition coefficient (Wildman–Crippen LogP) is 2.19. The van der Waals surface area contributed by atoms with Crippen LogP contribution in [0.3, 0.4) is 0 Å². The second kappa shape index (κ2) is 6.26. The lowest BCUT2D eigenvalue weighted by molar-refractivity contribution is 0.0453. The molecule has 0 aromatic carbocycles. The van der Waals surface area contributed by atoms with Gasteiger partial charge in [0.25, 0.3) is 0 Å². The van der Waals surface area contributed by atoms with Crippen molar-refractivity contribution in [3.8, 4) is 0 Å². The fourth-order valence-electron chi connectivity index (χ4n) is 1.58. The second-order valence-electron chi connectivity index (χ2n) is 6.53. The SMILES string of the molecule is CC(NCc1ccn[nH]1)C(C)(C)NC(=O)OC(C)(C)C. The Morgan fingerprint density at radius 1 is 1.40 bits per heavy atom. The summed E-state index contributed by atoms with van der Waals surface area (Å²) in [5.74, 6) is 0. The van der Waals surface area contributed by atoms with Gasteiger partial charge in [0.1, 0.15) is 5.60 Å². The van der Waals surface area contributed by atoms with E-state index in [0.717, 1.165) is 5.69 Å². The van der Waals surface area contributed by atoms with Crippen molar-refractivity contribution in [1.82, 2.24) is 20.8 Å². The van der Waals surface area contributed by atoms with Gasteiger partial charge in [-0.1, -0.05) is 0 Å². The molecule has 1 aromatic heterocycles. The molecule has 1 unspecified atom stereocenters. The van der Waals surface area contributed by atoms with Gasteiger partial charge in [-0.2, -0.15) is 5.10 Å². The first-order valence-electron chi connectivity index (χ1n) is 6.83. The molecule has 1 amide bonds. The lowest BCUT2D eigenvalue weighted by atomic mass is 9.96. The summed E-state index contributed by atoms with van der Waals surface area (Å²) in [5.41, 5.74) is 0.0830. The summed E-state index contributed by atoms with van der Waals surface area (Å²) in [6.45, 7) is 12.1. The largest absolute Gasteiger partial charge is 0.444 e. The summed E-state index contributed by atoms with van der Waals surface area (Å²) >= 11 is 0. The highest BCUT2D eigenvalue weighted by molar-refractivity contribution is 5.68. The Bertz CT molecular complexity index is 421. The van der Waals surface area contributed by atoms with Crippen LogP contribution >= 0.6 is 0 Å². The molecule has 1 atom stereocenters. The Morgan fingerprint density at radius 2 is 2.05 bits per heavy atom. The fourth-order valence-corrected chi connectivity index (χ4v) is 1.58. The maximum Gasteiger partial charge on any atom is 0.408 e. The van der Waals surface area contributed by atoms with Crippen LogP contribution in [0.4, 0.5) is 4.79 Å². The maximum atomic E-state index is 11.8. The van der Waals surface area contributed by atoms with Crippen molar-refractivity contribution >= 4 is 6.09 Å². The standard InChI is InChI=1S/C14H26N4O2/c1-10(15-9-11-7-8-16-18-11)14(5,6)17-12(19)20-13(2,3)4/h7-8,10,15H,9H2,1-6H3,(H,16,18)(H,17,19). The van der Waals surface area contributed by atoms with Crippen molar-refractivity contribution in [2.45, 2.75) is 65.3 Å². The van der Waals surface area contributed by atoms with E-state index in [1.165, 1.54) is 0 Å². The minimum absolute atomic E-state index is 0.0679. The number of amides is 1. The molecular weight excluding hydrogens is 256 g/mol. The number of alkyl carbamates (subject to hydrolysis) is 1. The number of aromatic amines is 1. The topological polar surface area (TPSA) is 79.0 Å². The molecule has 0 bridgehead atoms. The van der Waals surface area contributed by atoms with Crippen molar-refractivity contribution < 1.29 is 9.53 Å². The zero-order valence-corrected chi connectivity index (χ0v) is 13.2. The molecule has 0 spiro atoms. The number of hydrogen-bond acceptors (Lipinski definition) is 4. The van der Waals surface area contributed by atoms with Gasteiger partial charge in [-0.25, -0.2) is 4.79 Å². The van der Waals surface area contributed by atoms with Gasteiger partial charge in [0, 0.05) is 24.5 Å². The van der Waals surface area contributed by atoms with Crippen LogP contribution in [0, 0.1) is 0 Å². The van der Waals surface area contributed by atoms with Crippen LogP contribution in [-0.4, -0.2) is 33.5 Å². The average molecular weight is 282 g/mol. The minimum atomic E-state index is -0.493. The number of nitrogens with zero attached hydrogens (tertiary/aromatic N) is 1. The van der Waals surface area contributed by atoms with Crippen LogP contribution in [0.1, 0.15) is 47.2 Å². The number of ether oxygens (including phenoxy) is 1. The van der Waals surface area contributed by atoms with Crippen LogP contribution in [0.25, 0.3) is 0 Å². The van der Waals surface area contributed by atoms with Crippen LogP contribution in [0.2, 0.25) is 0 Å². The molecule has 114 valence electrons. The van der Waals surface area contributed by atoms with Gasteiger partial charge in [-0.15, -0.1) is 0 Å². The van der Waals surface area contributed by atoms with Crippen LogP contribution in [-0.2, 0) is 11.3 Å². The molecule has 3 N–H and O–H groups in total. The summed E-state index contributed by atoms with van der Waals surface area (Å²) < 4.78 is 5.28. The van der Waals surface area contributed by atoms with Gasteiger partial charge < -0.3 is 15.4 Å². The van der Waals surface area contributed by atoms with Gasteiger partial charge in [0.15, 0.2) is 0 Å². The van der Waals surface area contributed by atoms with E-state index in [9.17, 15) is 4.79 Å². The van der Waals surface area contributed by atoms with Crippen LogP contribution < -0.4 is 10.6 Å². The molecule has 0 aliphatic rings. The van der Waals surface area contributed by atoms with Gasteiger partial charge in [0.05, 0.1) is 5.54 Å². The first-order chi connectivity index (χ1) is 9.10. The highest BCUT2D eigenvalue weighted by atomic mass is 16.6. The van der Waals surface area contributed by atoms with E-state index >= 15 is 0 Å². The number of rotatable bonds is 5. The molecule has 0 saturated heterocycles. The molecule has 0 fully saturated rings. The van der Waals surface area contributed by atoms with E-state index in [-0.39, 0.29) is 6.04 Å². The van der Waals surface area contributed by atoms with Crippen molar-refractivity contribution in [3.05, 3.63) is 18.0 Å². The molecule has 20 heavy (non-hydrogen) atoms. The Hall–Kier alpha value is -1.56. The minimum Gasteiger partial charge on any atom is -0.444 e. The van der Waals surface area contributed by atoms with Crippen LogP contribution in [0.5, 0.6) is 0 Å². The maximum absolute atomic E-state index is 11.8. The summed E-state index contributed by atoms with van der Waals surface area (Å²) in [6.07, 6.45) is 1.31. The van der Waals surface area contributed by atoms with E-state index in [2.05, 4.69) is 20.8 Å². The molecule has 1 heterocycles. The first-order valence-corrected chi connectivity index (χ1v) is 6.83. The number of carbonyl (C=O) groups is 1. The Kier molecular flexibility index (Phi) is 5.16. The summed E-state index contributed by atoms with van der Waals surface area (Å²) in [5, 5.41) is 13.0. The molecule has 0 aliphatic heterocycles. The normalized spacial score (nSPS) is 13.9. The second-order valence-corrected chi connectivity index (χ2v) is 6.53. The monoisotopic (exact) mass is 282 g/mol. The van der Waals surface area contributed by atoms with Crippen molar-refractivity contribution in [3.63, 3.8) is 0 Å². The first kappa shape index (κ1) is 16.5. The zero-order valence-electron chi connectivity index (χ0n) is 13.2. The van der Waals surface area contributed by atoms with Gasteiger partial charge in [-0.3, -0.25) is 5.10 Å². The molecular formula is C14H26N4O2. The molecule has 1 aromatic rings. The highest BCUT2D eigenvalue weighted by Crippen LogP contribution is 2.12. The smallest absolute Gasteiger partial charge is 0.408 e. The third-order valence-electron chi connectivity index (χ3n) is 3.06. The van der Waals surface area contributed by atoms with Crippen molar-refractivity contribution in [2.24, 2.45) is 0 Å². The van der Waals surface area contributed by atoms with Crippen molar-refractivity contribution in [1.29, 1.82) is 0 Å². The number of aromatic nitrogens is 2. The number of hydrogen-bond donors (Lipinski definition) is 3. The lowest BCUT2D eigenvalue weighted by Crippen LogP contribution is -2.56. The van der Waals surface area contributed by atoms with Gasteiger partial charge in [-0.05, 0) is 47.6 Å². The third-order valence-corrected chi connectivity index (χ3v) is 3.06. The quantitative estimate of drug-likeness (QED) is 0.773. The van der Waals surface area contributed by atoms with Gasteiger partial charge in [0.2, 0.25) is 0 Å². The Morgan fingerprint density at radius 3 is 2.55 bits per heavy atom. The van der Waals surface area contributed by atoms with Gasteiger partial charge >= 0.3 is 6.09 Å². The summed E-state index contributed by atoms with van der Waals surface area (Å²) in [6, 6.07) is 1.98. The molecule has 0 aliphatic carbocycles. The molecule has 6 nitrogen and oxygen atoms in total. The Labute approximate surface area is 120 Å². The average Bonchev–Trinajstić information content (AvgIpc) is 2.74. The number of H-pyrrole nitrogens is 1. The van der Waals surface area contributed by atoms with Crippen LogP contribution in [0.15, 0.2) is 12.3 Å². The predicted molar refractivity (Wildman–Crippen MR) is 78.3 cm³/mol. The van der Waals surface area contributed by atoms with E-state index in [1.807, 2.05) is 47.6 Å². The number of carbonyl (C=O) groups excluding carboxylic acids is 1. The molecule has 6 heteroatoms. The fraction of sp³-hybridized carbons (Fsp3) is 0.714. The van der Waals surface area contributed by atoms with Crippen molar-refractivity contribution in [2.75, 3.05) is 0 Å². The zero-order chi connectivity index (χ0) is 15.4. The Balaban J connectivity index is 2.47. The molecule has 1 rings (SSSR count). The lowest BCUT2D eigenvalue weighted by Gasteiger charge is -2.34.